The van der Waals surface area contributed by atoms with Gasteiger partial charge in [0.15, 0.2) is 0 Å². The zero-order chi connectivity index (χ0) is 12.7. The normalized spacial score (nSPS) is 17.5. The molecule has 1 atom stereocenters. The molecule has 5 N–H and O–H groups in total. The smallest absolute Gasteiger partial charge is 0.242 e. The molecule has 0 spiro atoms. The van der Waals surface area contributed by atoms with Gasteiger partial charge in [-0.05, 0) is 19.8 Å². The van der Waals surface area contributed by atoms with Crippen LogP contribution in [-0.2, 0) is 9.53 Å². The minimum Gasteiger partial charge on any atom is -0.383 e. The highest BCUT2D eigenvalue weighted by atomic mass is 16.5. The first-order valence-corrected chi connectivity index (χ1v) is 5.71. The molecule has 1 fully saturated rings. The second-order valence-corrected chi connectivity index (χ2v) is 4.15. The van der Waals surface area contributed by atoms with Crippen LogP contribution in [0.5, 0.6) is 0 Å². The van der Waals surface area contributed by atoms with Gasteiger partial charge in [0.25, 0.3) is 0 Å². The largest absolute Gasteiger partial charge is 0.383 e. The molecule has 1 aliphatic carbocycles. The lowest BCUT2D eigenvalue weighted by atomic mass is 10.4. The number of methoxy groups -OCH3 is 1. The van der Waals surface area contributed by atoms with Crippen molar-refractivity contribution in [2.45, 2.75) is 31.8 Å². The highest BCUT2D eigenvalue weighted by Gasteiger charge is 2.22. The number of carbonyl (C=O) groups is 1. The Labute approximate surface area is 101 Å². The number of guanidine groups is 1. The van der Waals surface area contributed by atoms with E-state index in [0.29, 0.717) is 18.6 Å². The quantitative estimate of drug-likeness (QED) is 0.201. The molecule has 1 amide bonds. The Bertz CT molecular complexity index is 278. The zero-order valence-electron chi connectivity index (χ0n) is 10.3. The number of nitrogens with two attached hydrogens (primary N) is 1. The van der Waals surface area contributed by atoms with Crippen LogP contribution in [0.3, 0.4) is 0 Å². The van der Waals surface area contributed by atoms with Gasteiger partial charge >= 0.3 is 0 Å². The number of carbonyl (C=O) groups excluding carboxylic acids is 1. The first-order chi connectivity index (χ1) is 8.15. The number of hydrazine groups is 1. The molecule has 0 radical (unpaired) electrons. The minimum atomic E-state index is -0.0820. The highest BCUT2D eigenvalue weighted by Crippen LogP contribution is 2.18. The first-order valence-electron chi connectivity index (χ1n) is 5.71. The van der Waals surface area contributed by atoms with Gasteiger partial charge in [0.05, 0.1) is 6.61 Å². The summed E-state index contributed by atoms with van der Waals surface area (Å²) in [7, 11) is 1.62. The molecular weight excluding hydrogens is 222 g/mol. The molecule has 1 aliphatic rings. The number of hydrogen-bond acceptors (Lipinski definition) is 4. The van der Waals surface area contributed by atoms with E-state index >= 15 is 0 Å². The number of nitrogens with one attached hydrogen (secondary N) is 3. The lowest BCUT2D eigenvalue weighted by molar-refractivity contribution is -0.119. The van der Waals surface area contributed by atoms with Gasteiger partial charge in [-0.2, -0.15) is 0 Å². The summed E-state index contributed by atoms with van der Waals surface area (Å²) in [5, 5.41) is 5.85. The molecule has 0 aromatic heterocycles. The van der Waals surface area contributed by atoms with Crippen LogP contribution >= 0.6 is 0 Å². The molecule has 0 aliphatic heterocycles. The Morgan fingerprint density at radius 2 is 2.29 bits per heavy atom. The summed E-state index contributed by atoms with van der Waals surface area (Å²) in [4.78, 5) is 15.4. The van der Waals surface area contributed by atoms with Crippen LogP contribution in [0.1, 0.15) is 19.8 Å². The van der Waals surface area contributed by atoms with E-state index in [1.165, 1.54) is 0 Å². The molecule has 0 aromatic carbocycles. The predicted octanol–water partition coefficient (Wildman–Crippen LogP) is -1.29. The summed E-state index contributed by atoms with van der Waals surface area (Å²) in [6.07, 6.45) is 2.14. The molecular formula is C10H21N5O2. The van der Waals surface area contributed by atoms with Crippen LogP contribution < -0.4 is 21.9 Å². The van der Waals surface area contributed by atoms with Crippen molar-refractivity contribution in [2.75, 3.05) is 20.3 Å². The predicted molar refractivity (Wildman–Crippen MR) is 65.3 cm³/mol. The fourth-order valence-corrected chi connectivity index (χ4v) is 1.31. The van der Waals surface area contributed by atoms with E-state index in [9.17, 15) is 4.79 Å². The number of hydrogen-bond donors (Lipinski definition) is 4. The summed E-state index contributed by atoms with van der Waals surface area (Å²) >= 11 is 0. The van der Waals surface area contributed by atoms with Crippen LogP contribution in [0.15, 0.2) is 4.99 Å². The molecule has 1 saturated carbocycles. The van der Waals surface area contributed by atoms with Crippen LogP contribution in [0.4, 0.5) is 0 Å². The van der Waals surface area contributed by atoms with Gasteiger partial charge < -0.3 is 15.4 Å². The Morgan fingerprint density at radius 1 is 1.59 bits per heavy atom. The molecule has 7 nitrogen and oxygen atoms in total. The average Bonchev–Trinajstić information content (AvgIpc) is 3.08. The molecule has 0 bridgehead atoms. The van der Waals surface area contributed by atoms with Crippen LogP contribution in [0.25, 0.3) is 0 Å². The molecule has 0 aromatic rings. The maximum absolute atomic E-state index is 11.4. The van der Waals surface area contributed by atoms with Crippen molar-refractivity contribution in [1.82, 2.24) is 16.1 Å². The number of amides is 1. The van der Waals surface area contributed by atoms with Gasteiger partial charge in [-0.15, -0.1) is 0 Å². The molecule has 17 heavy (non-hydrogen) atoms. The third-order valence-corrected chi connectivity index (χ3v) is 2.26. The third kappa shape index (κ3) is 6.08. The molecule has 1 rings (SSSR count). The SMILES string of the molecule is COCC(C)NC(=NCC(=O)NC1CC1)NN. The van der Waals surface area contributed by atoms with Crippen molar-refractivity contribution in [2.24, 2.45) is 10.8 Å². The van der Waals surface area contributed by atoms with Crippen molar-refractivity contribution in [3.8, 4) is 0 Å². The second-order valence-electron chi connectivity index (χ2n) is 4.15. The fourth-order valence-electron chi connectivity index (χ4n) is 1.31. The summed E-state index contributed by atoms with van der Waals surface area (Å²) < 4.78 is 4.97. The molecule has 1 unspecified atom stereocenters. The van der Waals surface area contributed by atoms with Gasteiger partial charge in [0.2, 0.25) is 11.9 Å². The molecule has 7 heteroatoms. The molecule has 0 saturated heterocycles. The Kier molecular flexibility index (Phi) is 5.71. The van der Waals surface area contributed by atoms with E-state index in [1.807, 2.05) is 6.92 Å². The molecule has 0 heterocycles. The van der Waals surface area contributed by atoms with Crippen LogP contribution in [0.2, 0.25) is 0 Å². The second kappa shape index (κ2) is 7.08. The maximum atomic E-state index is 11.4. The summed E-state index contributed by atoms with van der Waals surface area (Å²) in [6.45, 7) is 2.54. The van der Waals surface area contributed by atoms with Gasteiger partial charge in [-0.3, -0.25) is 10.2 Å². The van der Waals surface area contributed by atoms with Crippen molar-refractivity contribution >= 4 is 11.9 Å². The number of nitrogens with zero attached hydrogens (tertiary/aromatic N) is 1. The third-order valence-electron chi connectivity index (χ3n) is 2.26. The number of aliphatic imine (C=N–C) groups is 1. The van der Waals surface area contributed by atoms with E-state index in [1.54, 1.807) is 7.11 Å². The summed E-state index contributed by atoms with van der Waals surface area (Å²) in [6, 6.07) is 0.425. The Balaban J connectivity index is 2.28. The Morgan fingerprint density at radius 3 is 2.82 bits per heavy atom. The van der Waals surface area contributed by atoms with Gasteiger partial charge in [0, 0.05) is 19.2 Å². The zero-order valence-corrected chi connectivity index (χ0v) is 10.3. The standard InChI is InChI=1S/C10H21N5O2/c1-7(6-17-2)13-10(15-11)12-5-9(16)14-8-3-4-8/h7-8H,3-6,11H2,1-2H3,(H,14,16)(H2,12,13,15). The van der Waals surface area contributed by atoms with Gasteiger partial charge in [0.1, 0.15) is 6.54 Å². The number of rotatable bonds is 6. The summed E-state index contributed by atoms with van der Waals surface area (Å²) in [5.74, 6) is 5.61. The van der Waals surface area contributed by atoms with Gasteiger partial charge in [-0.25, -0.2) is 10.8 Å². The van der Waals surface area contributed by atoms with Crippen molar-refractivity contribution < 1.29 is 9.53 Å². The lowest BCUT2D eigenvalue weighted by Gasteiger charge is -2.15. The number of ether oxygens (including phenoxy) is 1. The van der Waals surface area contributed by atoms with Crippen molar-refractivity contribution in [3.63, 3.8) is 0 Å². The van der Waals surface area contributed by atoms with Crippen molar-refractivity contribution in [3.05, 3.63) is 0 Å². The highest BCUT2D eigenvalue weighted by molar-refractivity contribution is 5.84. The average molecular weight is 243 g/mol. The maximum Gasteiger partial charge on any atom is 0.242 e. The minimum absolute atomic E-state index is 0.0706. The molecule has 98 valence electrons. The monoisotopic (exact) mass is 243 g/mol. The fraction of sp³-hybridized carbons (Fsp3) is 0.800. The first kappa shape index (κ1) is 13.7. The van der Waals surface area contributed by atoms with E-state index < -0.39 is 0 Å². The lowest BCUT2D eigenvalue weighted by Crippen LogP contribution is -2.47. The van der Waals surface area contributed by atoms with E-state index in [0.717, 1.165) is 12.8 Å². The van der Waals surface area contributed by atoms with E-state index in [4.69, 9.17) is 10.6 Å². The van der Waals surface area contributed by atoms with Crippen molar-refractivity contribution in [1.29, 1.82) is 0 Å². The van der Waals surface area contributed by atoms with Crippen LogP contribution in [-0.4, -0.2) is 44.2 Å². The van der Waals surface area contributed by atoms with E-state index in [2.05, 4.69) is 21.1 Å². The van der Waals surface area contributed by atoms with Gasteiger partial charge in [-0.1, -0.05) is 0 Å². The topological polar surface area (TPSA) is 101 Å². The van der Waals surface area contributed by atoms with Crippen LogP contribution in [0, 0.1) is 0 Å². The summed E-state index contributed by atoms with van der Waals surface area (Å²) in [5.41, 5.74) is 2.42. The Hall–Kier alpha value is -1.34. The van der Waals surface area contributed by atoms with E-state index in [-0.39, 0.29) is 18.5 Å².